The molecule has 1 aromatic heterocycles. The van der Waals surface area contributed by atoms with Crippen LogP contribution in [0.5, 0.6) is 0 Å². The van der Waals surface area contributed by atoms with E-state index < -0.39 is 11.6 Å². The average molecular weight is 335 g/mol. The minimum atomic E-state index is -0.627. The second kappa shape index (κ2) is 6.22. The first-order chi connectivity index (χ1) is 11.4. The van der Waals surface area contributed by atoms with Crippen molar-refractivity contribution in [2.24, 2.45) is 0 Å². The van der Waals surface area contributed by atoms with E-state index in [1.807, 2.05) is 13.8 Å². The highest BCUT2D eigenvalue weighted by Gasteiger charge is 2.26. The van der Waals surface area contributed by atoms with Crippen LogP contribution in [0.25, 0.3) is 0 Å². The van der Waals surface area contributed by atoms with E-state index in [1.54, 1.807) is 11.8 Å². The van der Waals surface area contributed by atoms with Crippen molar-refractivity contribution in [3.8, 4) is 0 Å². The van der Waals surface area contributed by atoms with Crippen LogP contribution in [0.2, 0.25) is 0 Å². The molecule has 1 atom stereocenters. The minimum absolute atomic E-state index is 0.185. The fourth-order valence-corrected chi connectivity index (χ4v) is 3.24. The van der Waals surface area contributed by atoms with Gasteiger partial charge in [-0.3, -0.25) is 0 Å². The molecule has 3 rings (SSSR count). The summed E-state index contributed by atoms with van der Waals surface area (Å²) in [6, 6.07) is 1.62. The summed E-state index contributed by atoms with van der Waals surface area (Å²) in [5, 5.41) is 6.78. The number of hydrogen-bond acceptors (Lipinski definition) is 3. The molecule has 2 heterocycles. The summed E-state index contributed by atoms with van der Waals surface area (Å²) in [5.74, 6) is -0.514. The number of fused-ring (bicyclic) bond motifs is 1. The van der Waals surface area contributed by atoms with Gasteiger partial charge in [0.1, 0.15) is 17.4 Å². The van der Waals surface area contributed by atoms with Gasteiger partial charge in [0, 0.05) is 24.7 Å². The molecule has 0 aliphatic carbocycles. The smallest absolute Gasteiger partial charge is 0.318 e. The van der Waals surface area contributed by atoms with Crippen molar-refractivity contribution in [1.29, 1.82) is 0 Å². The fourth-order valence-electron chi connectivity index (χ4n) is 3.24. The van der Waals surface area contributed by atoms with Gasteiger partial charge in [-0.2, -0.15) is 0 Å². The number of nitrogens with zero attached hydrogens (tertiary/aromatic N) is 2. The third kappa shape index (κ3) is 2.98. The predicted octanol–water partition coefficient (Wildman–Crippen LogP) is 3.40. The Kier molecular flexibility index (Phi) is 4.26. The van der Waals surface area contributed by atoms with Gasteiger partial charge in [0.2, 0.25) is 0 Å². The van der Waals surface area contributed by atoms with Crippen molar-refractivity contribution in [3.63, 3.8) is 0 Å². The molecule has 0 spiro atoms. The zero-order chi connectivity index (χ0) is 17.4. The molecule has 1 aliphatic rings. The van der Waals surface area contributed by atoms with Crippen LogP contribution in [-0.4, -0.2) is 22.6 Å². The number of benzene rings is 1. The summed E-state index contributed by atoms with van der Waals surface area (Å²) in [7, 11) is 0. The molecule has 1 aliphatic heterocycles. The Bertz CT molecular complexity index is 769. The maximum Gasteiger partial charge on any atom is 0.318 e. The van der Waals surface area contributed by atoms with Gasteiger partial charge in [-0.05, 0) is 44.4 Å². The maximum atomic E-state index is 13.8. The van der Waals surface area contributed by atoms with Crippen molar-refractivity contribution in [2.75, 3.05) is 6.54 Å². The molecule has 0 bridgehead atoms. The van der Waals surface area contributed by atoms with E-state index >= 15 is 0 Å². The van der Waals surface area contributed by atoms with Crippen LogP contribution >= 0.6 is 0 Å². The first-order valence-corrected chi connectivity index (χ1v) is 7.81. The lowest BCUT2D eigenvalue weighted by Crippen LogP contribution is -2.43. The van der Waals surface area contributed by atoms with Gasteiger partial charge in [-0.1, -0.05) is 5.16 Å². The maximum absolute atomic E-state index is 13.8. The number of rotatable bonds is 2. The van der Waals surface area contributed by atoms with Gasteiger partial charge in [0.25, 0.3) is 0 Å². The van der Waals surface area contributed by atoms with Crippen LogP contribution in [0.15, 0.2) is 16.7 Å². The second-order valence-corrected chi connectivity index (χ2v) is 6.11. The summed E-state index contributed by atoms with van der Waals surface area (Å²) in [6.07, 6.45) is 0.370. The zero-order valence-electron chi connectivity index (χ0n) is 13.8. The number of hydrogen-bond donors (Lipinski definition) is 1. The molecule has 5 nitrogen and oxygen atoms in total. The molecule has 24 heavy (non-hydrogen) atoms. The molecule has 1 aromatic carbocycles. The first kappa shape index (κ1) is 16.4. The van der Waals surface area contributed by atoms with Gasteiger partial charge in [-0.15, -0.1) is 0 Å². The minimum Gasteiger partial charge on any atom is -0.361 e. The fraction of sp³-hybridized carbons (Fsp3) is 0.412. The molecule has 2 aromatic rings. The summed E-state index contributed by atoms with van der Waals surface area (Å²) < 4.78 is 32.3. The monoisotopic (exact) mass is 335 g/mol. The molecule has 0 fully saturated rings. The third-order valence-corrected chi connectivity index (χ3v) is 4.39. The summed E-state index contributed by atoms with van der Waals surface area (Å²) >= 11 is 0. The molecule has 0 saturated heterocycles. The number of nitrogens with one attached hydrogen (secondary N) is 1. The zero-order valence-corrected chi connectivity index (χ0v) is 13.8. The van der Waals surface area contributed by atoms with Crippen molar-refractivity contribution < 1.29 is 18.1 Å². The SMILES string of the molecule is Cc1noc(C)c1[C@H](C)NC(=O)N1CCc2c(F)cc(F)cc2C1. The lowest BCUT2D eigenvalue weighted by molar-refractivity contribution is 0.188. The largest absolute Gasteiger partial charge is 0.361 e. The molecule has 128 valence electrons. The van der Waals surface area contributed by atoms with E-state index in [9.17, 15) is 13.6 Å². The van der Waals surface area contributed by atoms with Gasteiger partial charge in [0.05, 0.1) is 11.7 Å². The van der Waals surface area contributed by atoms with Crippen molar-refractivity contribution >= 4 is 6.03 Å². The molecular formula is C17H19F2N3O2. The number of carbonyl (C=O) groups excluding carboxylic acids is 1. The molecule has 1 N–H and O–H groups in total. The number of urea groups is 1. The Labute approximate surface area is 138 Å². The van der Waals surface area contributed by atoms with Gasteiger partial charge >= 0.3 is 6.03 Å². The van der Waals surface area contributed by atoms with E-state index in [4.69, 9.17) is 4.52 Å². The number of amides is 2. The quantitative estimate of drug-likeness (QED) is 0.915. The van der Waals surface area contributed by atoms with E-state index in [2.05, 4.69) is 10.5 Å². The molecule has 0 saturated carbocycles. The number of aromatic nitrogens is 1. The van der Waals surface area contributed by atoms with Crippen molar-refractivity contribution in [2.45, 2.75) is 39.8 Å². The number of halogens is 2. The highest BCUT2D eigenvalue weighted by molar-refractivity contribution is 5.75. The van der Waals surface area contributed by atoms with Gasteiger partial charge in [-0.25, -0.2) is 13.6 Å². The Morgan fingerprint density at radius 3 is 2.79 bits per heavy atom. The van der Waals surface area contributed by atoms with Crippen LogP contribution in [-0.2, 0) is 13.0 Å². The Hall–Kier alpha value is -2.44. The predicted molar refractivity (Wildman–Crippen MR) is 83.4 cm³/mol. The van der Waals surface area contributed by atoms with E-state index in [0.717, 1.165) is 17.3 Å². The normalized spacial score (nSPS) is 15.1. The number of aryl methyl sites for hydroxylation is 2. The average Bonchev–Trinajstić information content (AvgIpc) is 2.85. The third-order valence-electron chi connectivity index (χ3n) is 4.39. The molecule has 2 amide bonds. The molecular weight excluding hydrogens is 316 g/mol. The van der Waals surface area contributed by atoms with Crippen LogP contribution in [0.3, 0.4) is 0 Å². The Balaban J connectivity index is 1.72. The van der Waals surface area contributed by atoms with Crippen molar-refractivity contribution in [3.05, 3.63) is 51.9 Å². The second-order valence-electron chi connectivity index (χ2n) is 6.11. The molecule has 7 heteroatoms. The number of carbonyl (C=O) groups is 1. The van der Waals surface area contributed by atoms with Gasteiger partial charge < -0.3 is 14.7 Å². The van der Waals surface area contributed by atoms with Crippen LogP contribution in [0, 0.1) is 25.5 Å². The summed E-state index contributed by atoms with van der Waals surface area (Å²) in [5.41, 5.74) is 2.57. The molecule has 0 radical (unpaired) electrons. The van der Waals surface area contributed by atoms with E-state index in [0.29, 0.717) is 29.9 Å². The highest BCUT2D eigenvalue weighted by atomic mass is 19.1. The Morgan fingerprint density at radius 2 is 2.12 bits per heavy atom. The first-order valence-electron chi connectivity index (χ1n) is 7.81. The van der Waals surface area contributed by atoms with Crippen LogP contribution in [0.4, 0.5) is 13.6 Å². The topological polar surface area (TPSA) is 58.4 Å². The van der Waals surface area contributed by atoms with E-state index in [1.165, 1.54) is 6.07 Å². The van der Waals surface area contributed by atoms with Crippen LogP contribution in [0.1, 0.15) is 41.1 Å². The summed E-state index contributed by atoms with van der Waals surface area (Å²) in [4.78, 5) is 14.0. The highest BCUT2D eigenvalue weighted by Crippen LogP contribution is 2.25. The standard InChI is InChI=1S/C17H19F2N3O2/c1-9(16-10(2)21-24-11(16)3)20-17(23)22-5-4-14-12(8-22)6-13(18)7-15(14)19/h6-7,9H,4-5,8H2,1-3H3,(H,20,23)/t9-/m0/s1. The Morgan fingerprint density at radius 1 is 1.38 bits per heavy atom. The summed E-state index contributed by atoms with van der Waals surface area (Å²) in [6.45, 7) is 6.03. The van der Waals surface area contributed by atoms with E-state index in [-0.39, 0.29) is 18.6 Å². The van der Waals surface area contributed by atoms with Crippen LogP contribution < -0.4 is 5.32 Å². The molecule has 0 unspecified atom stereocenters. The van der Waals surface area contributed by atoms with Crippen molar-refractivity contribution in [1.82, 2.24) is 15.4 Å². The lowest BCUT2D eigenvalue weighted by atomic mass is 9.99. The lowest BCUT2D eigenvalue weighted by Gasteiger charge is -2.30. The van der Waals surface area contributed by atoms with Gasteiger partial charge in [0.15, 0.2) is 0 Å².